The molecule has 0 unspecified atom stereocenters. The van der Waals surface area contributed by atoms with Crippen molar-refractivity contribution < 1.29 is 9.31 Å². The largest absolute Gasteiger partial charge is 0.516 e. The van der Waals surface area contributed by atoms with Crippen LogP contribution in [0, 0.1) is 5.92 Å². The van der Waals surface area contributed by atoms with Gasteiger partial charge in [-0.25, -0.2) is 0 Å². The number of hydrogen-bond donors (Lipinski definition) is 0. The number of aromatic nitrogens is 2. The summed E-state index contributed by atoms with van der Waals surface area (Å²) >= 11 is 0. The molecule has 0 N–H and O–H groups in total. The molecule has 2 aliphatic rings. The topological polar surface area (TPSA) is 36.3 Å². The van der Waals surface area contributed by atoms with Gasteiger partial charge in [0.25, 0.3) is 0 Å². The third-order valence-corrected chi connectivity index (χ3v) is 4.30. The Bertz CT molecular complexity index is 436. The summed E-state index contributed by atoms with van der Waals surface area (Å²) in [6.45, 7) is 9.28. The van der Waals surface area contributed by atoms with Crippen LogP contribution in [0.2, 0.25) is 0 Å². The highest BCUT2D eigenvalue weighted by molar-refractivity contribution is 6.61. The van der Waals surface area contributed by atoms with E-state index < -0.39 is 0 Å². The van der Waals surface area contributed by atoms with Crippen molar-refractivity contribution in [1.82, 2.24) is 9.78 Å². The second-order valence-electron chi connectivity index (χ2n) is 6.49. The summed E-state index contributed by atoms with van der Waals surface area (Å²) in [5, 5.41) is 4.57. The lowest BCUT2D eigenvalue weighted by molar-refractivity contribution is 0.00578. The van der Waals surface area contributed by atoms with Gasteiger partial charge in [-0.15, -0.1) is 0 Å². The zero-order valence-electron chi connectivity index (χ0n) is 11.6. The van der Waals surface area contributed by atoms with Crippen LogP contribution in [0.15, 0.2) is 12.3 Å². The fraction of sp³-hybridized carbons (Fsp3) is 0.769. The Hall–Kier alpha value is -0.805. The first-order valence-electron chi connectivity index (χ1n) is 6.76. The average Bonchev–Trinajstić information content (AvgIpc) is 2.86. The smallest absolute Gasteiger partial charge is 0.398 e. The minimum absolute atomic E-state index is 0.294. The molecule has 5 heteroatoms. The molecule has 0 spiro atoms. The van der Waals surface area contributed by atoms with Crippen LogP contribution in [0.4, 0.5) is 0 Å². The molecule has 3 rings (SSSR count). The van der Waals surface area contributed by atoms with Crippen LogP contribution in [0.1, 0.15) is 40.5 Å². The van der Waals surface area contributed by atoms with Gasteiger partial charge in [0.15, 0.2) is 0 Å². The standard InChI is InChI=1S/C13H21BN2O2/c1-12(2)13(3,4)18-14(17-12)11-7-8-16(15-11)9-10-5-6-10/h7-8,10H,5-6,9H2,1-4H3. The summed E-state index contributed by atoms with van der Waals surface area (Å²) in [5.41, 5.74) is 0.296. The minimum Gasteiger partial charge on any atom is -0.398 e. The van der Waals surface area contributed by atoms with E-state index in [0.717, 1.165) is 18.1 Å². The SMILES string of the molecule is CC1(C)OB(c2ccn(CC3CC3)n2)OC1(C)C. The summed E-state index contributed by atoms with van der Waals surface area (Å²) in [7, 11) is -0.338. The van der Waals surface area contributed by atoms with E-state index in [1.807, 2.05) is 16.9 Å². The van der Waals surface area contributed by atoms with Crippen LogP contribution < -0.4 is 5.59 Å². The molecule has 0 amide bonds. The average molecular weight is 248 g/mol. The predicted octanol–water partition coefficient (Wildman–Crippen LogP) is 1.59. The molecule has 4 nitrogen and oxygen atoms in total. The van der Waals surface area contributed by atoms with E-state index in [2.05, 4.69) is 32.8 Å². The molecule has 0 bridgehead atoms. The molecule has 18 heavy (non-hydrogen) atoms. The van der Waals surface area contributed by atoms with E-state index in [9.17, 15) is 0 Å². The molecule has 0 radical (unpaired) electrons. The monoisotopic (exact) mass is 248 g/mol. The van der Waals surface area contributed by atoms with Gasteiger partial charge in [-0.3, -0.25) is 4.68 Å². The van der Waals surface area contributed by atoms with Gasteiger partial charge in [-0.05, 0) is 52.5 Å². The van der Waals surface area contributed by atoms with Crippen molar-refractivity contribution in [3.05, 3.63) is 12.3 Å². The maximum atomic E-state index is 5.99. The Balaban J connectivity index is 1.73. The summed E-state index contributed by atoms with van der Waals surface area (Å²) in [6, 6.07) is 2.00. The van der Waals surface area contributed by atoms with Crippen LogP contribution in [-0.4, -0.2) is 28.1 Å². The molecule has 1 aliphatic carbocycles. The molecule has 2 fully saturated rings. The normalized spacial score (nSPS) is 25.7. The van der Waals surface area contributed by atoms with Gasteiger partial charge in [0, 0.05) is 12.7 Å². The van der Waals surface area contributed by atoms with Crippen LogP contribution in [0.25, 0.3) is 0 Å². The minimum atomic E-state index is -0.338. The second kappa shape index (κ2) is 3.84. The van der Waals surface area contributed by atoms with Crippen LogP contribution in [0.3, 0.4) is 0 Å². The highest BCUT2D eigenvalue weighted by atomic mass is 16.7. The Kier molecular flexibility index (Phi) is 2.61. The number of rotatable bonds is 3. The van der Waals surface area contributed by atoms with Crippen LogP contribution in [-0.2, 0) is 15.9 Å². The van der Waals surface area contributed by atoms with Gasteiger partial charge >= 0.3 is 7.12 Å². The number of nitrogens with zero attached hydrogens (tertiary/aromatic N) is 2. The fourth-order valence-corrected chi connectivity index (χ4v) is 2.13. The van der Waals surface area contributed by atoms with E-state index >= 15 is 0 Å². The van der Waals surface area contributed by atoms with Gasteiger partial charge < -0.3 is 9.31 Å². The van der Waals surface area contributed by atoms with Crippen molar-refractivity contribution in [1.29, 1.82) is 0 Å². The Morgan fingerprint density at radius 3 is 2.44 bits per heavy atom. The van der Waals surface area contributed by atoms with Crippen molar-refractivity contribution in [3.63, 3.8) is 0 Å². The molecule has 2 heterocycles. The maximum Gasteiger partial charge on any atom is 0.516 e. The van der Waals surface area contributed by atoms with Gasteiger partial charge in [0.2, 0.25) is 0 Å². The van der Waals surface area contributed by atoms with Crippen molar-refractivity contribution in [2.24, 2.45) is 5.92 Å². The highest BCUT2D eigenvalue weighted by Gasteiger charge is 2.52. The first-order valence-corrected chi connectivity index (χ1v) is 6.76. The zero-order valence-corrected chi connectivity index (χ0v) is 11.6. The number of hydrogen-bond acceptors (Lipinski definition) is 3. The van der Waals surface area contributed by atoms with E-state index in [4.69, 9.17) is 9.31 Å². The van der Waals surface area contributed by atoms with Crippen LogP contribution >= 0.6 is 0 Å². The highest BCUT2D eigenvalue weighted by Crippen LogP contribution is 2.36. The second-order valence-corrected chi connectivity index (χ2v) is 6.49. The van der Waals surface area contributed by atoms with E-state index in [0.29, 0.717) is 0 Å². The van der Waals surface area contributed by atoms with E-state index in [1.54, 1.807) is 0 Å². The first kappa shape index (κ1) is 12.2. The van der Waals surface area contributed by atoms with Gasteiger partial charge in [-0.2, -0.15) is 5.10 Å². The van der Waals surface area contributed by atoms with Crippen molar-refractivity contribution >= 4 is 12.7 Å². The van der Waals surface area contributed by atoms with E-state index in [-0.39, 0.29) is 18.3 Å². The third kappa shape index (κ3) is 2.10. The third-order valence-electron chi connectivity index (χ3n) is 4.30. The Morgan fingerprint density at radius 2 is 1.89 bits per heavy atom. The molecule has 1 aromatic heterocycles. The maximum absolute atomic E-state index is 5.99. The summed E-state index contributed by atoms with van der Waals surface area (Å²) < 4.78 is 14.0. The molecule has 98 valence electrons. The lowest BCUT2D eigenvalue weighted by atomic mass is 9.85. The Labute approximate surface area is 109 Å². The summed E-state index contributed by atoms with van der Waals surface area (Å²) in [6.07, 6.45) is 4.70. The van der Waals surface area contributed by atoms with Crippen LogP contribution in [0.5, 0.6) is 0 Å². The summed E-state index contributed by atoms with van der Waals surface area (Å²) in [4.78, 5) is 0. The van der Waals surface area contributed by atoms with Gasteiger partial charge in [0.1, 0.15) is 0 Å². The summed E-state index contributed by atoms with van der Waals surface area (Å²) in [5.74, 6) is 0.830. The molecule has 1 aromatic rings. The lowest BCUT2D eigenvalue weighted by Crippen LogP contribution is -2.41. The fourth-order valence-electron chi connectivity index (χ4n) is 2.13. The van der Waals surface area contributed by atoms with Crippen molar-refractivity contribution in [3.8, 4) is 0 Å². The molecule has 0 aromatic carbocycles. The van der Waals surface area contributed by atoms with Gasteiger partial charge in [-0.1, -0.05) is 0 Å². The lowest BCUT2D eigenvalue weighted by Gasteiger charge is -2.32. The van der Waals surface area contributed by atoms with Crippen molar-refractivity contribution in [2.75, 3.05) is 0 Å². The zero-order chi connectivity index (χ0) is 13.0. The van der Waals surface area contributed by atoms with Gasteiger partial charge in [0.05, 0.1) is 16.8 Å². The molecule has 0 atom stereocenters. The predicted molar refractivity (Wildman–Crippen MR) is 70.7 cm³/mol. The molecule has 1 saturated heterocycles. The van der Waals surface area contributed by atoms with Crippen molar-refractivity contribution in [2.45, 2.75) is 58.3 Å². The van der Waals surface area contributed by atoms with E-state index in [1.165, 1.54) is 12.8 Å². The molecular weight excluding hydrogens is 227 g/mol. The quantitative estimate of drug-likeness (QED) is 0.762. The Morgan fingerprint density at radius 1 is 1.28 bits per heavy atom. The molecule has 1 aliphatic heterocycles. The molecular formula is C13H21BN2O2. The first-order chi connectivity index (χ1) is 8.37. The molecule has 1 saturated carbocycles.